The number of imidazole rings is 1. The van der Waals surface area contributed by atoms with Gasteiger partial charge >= 0.3 is 0 Å². The van der Waals surface area contributed by atoms with Crippen molar-refractivity contribution in [3.05, 3.63) is 23.0 Å². The summed E-state index contributed by atoms with van der Waals surface area (Å²) in [5.41, 5.74) is 0.301. The molecule has 1 aliphatic rings. The van der Waals surface area contributed by atoms with E-state index in [0.717, 1.165) is 5.75 Å². The highest BCUT2D eigenvalue weighted by molar-refractivity contribution is 7.99. The van der Waals surface area contributed by atoms with Gasteiger partial charge in [-0.1, -0.05) is 6.92 Å². The largest absolute Gasteiger partial charge is 0.394 e. The number of thioether (sulfide) groups is 1. The molecule has 114 valence electrons. The number of aliphatic hydroxyl groups excluding tert-OH is 2. The van der Waals surface area contributed by atoms with Gasteiger partial charge in [0.2, 0.25) is 0 Å². The van der Waals surface area contributed by atoms with Gasteiger partial charge in [0.05, 0.1) is 30.6 Å². The molecule has 9 heteroatoms. The van der Waals surface area contributed by atoms with E-state index >= 15 is 0 Å². The number of aliphatic hydroxyl groups is 2. The molecule has 21 heavy (non-hydrogen) atoms. The number of nitrogens with one attached hydrogen (secondary N) is 1. The topological polar surface area (TPSA) is 113 Å². The SMILES string of the molecule is CCSC1C(O)C(CO)OC1n1cnc2c(=O)[nH]cnc21. The number of nitrogens with zero attached hydrogens (tertiary/aromatic N) is 3. The highest BCUT2D eigenvalue weighted by atomic mass is 32.2. The predicted octanol–water partition coefficient (Wildman–Crippen LogP) is -0.508. The van der Waals surface area contributed by atoms with Crippen molar-refractivity contribution in [3.63, 3.8) is 0 Å². The Morgan fingerprint density at radius 2 is 2.33 bits per heavy atom. The molecule has 4 unspecified atom stereocenters. The number of aromatic amines is 1. The van der Waals surface area contributed by atoms with E-state index in [1.165, 1.54) is 24.4 Å². The Labute approximate surface area is 124 Å². The maximum absolute atomic E-state index is 11.7. The summed E-state index contributed by atoms with van der Waals surface area (Å²) in [6.45, 7) is 1.72. The quantitative estimate of drug-likeness (QED) is 0.697. The maximum Gasteiger partial charge on any atom is 0.278 e. The van der Waals surface area contributed by atoms with Crippen LogP contribution >= 0.6 is 11.8 Å². The summed E-state index contributed by atoms with van der Waals surface area (Å²) in [7, 11) is 0. The molecule has 0 aliphatic carbocycles. The van der Waals surface area contributed by atoms with Crippen LogP contribution in [0, 0.1) is 0 Å². The molecule has 3 N–H and O–H groups in total. The molecule has 3 heterocycles. The molecule has 2 aromatic heterocycles. The lowest BCUT2D eigenvalue weighted by molar-refractivity contribution is -0.0430. The van der Waals surface area contributed by atoms with Crippen molar-refractivity contribution in [2.75, 3.05) is 12.4 Å². The molecule has 8 nitrogen and oxygen atoms in total. The van der Waals surface area contributed by atoms with E-state index in [2.05, 4.69) is 15.0 Å². The Kier molecular flexibility index (Phi) is 3.98. The molecule has 0 spiro atoms. The third-order valence-electron chi connectivity index (χ3n) is 3.49. The highest BCUT2D eigenvalue weighted by Crippen LogP contribution is 2.38. The monoisotopic (exact) mass is 312 g/mol. The molecule has 0 bridgehead atoms. The average molecular weight is 312 g/mol. The first-order valence-corrected chi connectivity index (χ1v) is 7.68. The van der Waals surface area contributed by atoms with Gasteiger partial charge < -0.3 is 19.9 Å². The zero-order valence-corrected chi connectivity index (χ0v) is 12.2. The first-order chi connectivity index (χ1) is 10.2. The Morgan fingerprint density at radius 3 is 3.05 bits per heavy atom. The molecule has 0 amide bonds. The minimum Gasteiger partial charge on any atom is -0.394 e. The maximum atomic E-state index is 11.7. The van der Waals surface area contributed by atoms with Crippen LogP contribution in [0.4, 0.5) is 0 Å². The van der Waals surface area contributed by atoms with E-state index in [1.54, 1.807) is 4.57 Å². The van der Waals surface area contributed by atoms with Crippen molar-refractivity contribution in [1.29, 1.82) is 0 Å². The lowest BCUT2D eigenvalue weighted by Gasteiger charge is -2.20. The van der Waals surface area contributed by atoms with Crippen molar-refractivity contribution < 1.29 is 14.9 Å². The number of H-pyrrole nitrogens is 1. The van der Waals surface area contributed by atoms with Gasteiger partial charge in [0.25, 0.3) is 5.56 Å². The van der Waals surface area contributed by atoms with E-state index in [-0.39, 0.29) is 22.9 Å². The molecule has 0 aromatic carbocycles. The third kappa shape index (κ3) is 2.35. The molecular formula is C12H16N4O4S. The summed E-state index contributed by atoms with van der Waals surface area (Å²) in [5, 5.41) is 19.3. The van der Waals surface area contributed by atoms with Gasteiger partial charge in [-0.05, 0) is 5.75 Å². The van der Waals surface area contributed by atoms with Crippen LogP contribution in [0.25, 0.3) is 11.2 Å². The number of hydrogen-bond donors (Lipinski definition) is 3. The summed E-state index contributed by atoms with van der Waals surface area (Å²) in [4.78, 5) is 22.3. The van der Waals surface area contributed by atoms with Gasteiger partial charge in [-0.3, -0.25) is 9.36 Å². The second-order valence-electron chi connectivity index (χ2n) is 4.71. The smallest absolute Gasteiger partial charge is 0.278 e. The molecule has 0 saturated carbocycles. The Balaban J connectivity index is 2.04. The molecule has 3 rings (SSSR count). The van der Waals surface area contributed by atoms with Gasteiger partial charge in [0.15, 0.2) is 17.4 Å². The van der Waals surface area contributed by atoms with E-state index in [9.17, 15) is 15.0 Å². The zero-order chi connectivity index (χ0) is 15.0. The lowest BCUT2D eigenvalue weighted by Crippen LogP contribution is -2.31. The third-order valence-corrected chi connectivity index (χ3v) is 4.72. The first kappa shape index (κ1) is 14.5. The fourth-order valence-corrected chi connectivity index (χ4v) is 3.63. The number of ether oxygens (including phenoxy) is 1. The van der Waals surface area contributed by atoms with Crippen LogP contribution in [0.3, 0.4) is 0 Å². The van der Waals surface area contributed by atoms with Gasteiger partial charge in [0, 0.05) is 0 Å². The summed E-state index contributed by atoms with van der Waals surface area (Å²) in [5.74, 6) is 0.792. The van der Waals surface area contributed by atoms with Crippen LogP contribution in [-0.2, 0) is 4.74 Å². The first-order valence-electron chi connectivity index (χ1n) is 6.63. The second kappa shape index (κ2) is 5.76. The molecule has 1 aliphatic heterocycles. The van der Waals surface area contributed by atoms with Crippen LogP contribution in [0.5, 0.6) is 0 Å². The molecule has 4 atom stereocenters. The number of hydrogen-bond acceptors (Lipinski definition) is 7. The number of fused-ring (bicyclic) bond motifs is 1. The lowest BCUT2D eigenvalue weighted by atomic mass is 10.2. The van der Waals surface area contributed by atoms with E-state index in [0.29, 0.717) is 5.65 Å². The van der Waals surface area contributed by atoms with Crippen molar-refractivity contribution >= 4 is 22.9 Å². The summed E-state index contributed by atoms with van der Waals surface area (Å²) in [6, 6.07) is 0. The zero-order valence-electron chi connectivity index (χ0n) is 11.3. The fourth-order valence-electron chi connectivity index (χ4n) is 2.51. The molecule has 1 saturated heterocycles. The van der Waals surface area contributed by atoms with Gasteiger partial charge in [0.1, 0.15) is 6.10 Å². The van der Waals surface area contributed by atoms with Crippen molar-refractivity contribution in [2.45, 2.75) is 30.6 Å². The van der Waals surface area contributed by atoms with Gasteiger partial charge in [-0.2, -0.15) is 11.8 Å². The number of rotatable bonds is 4. The van der Waals surface area contributed by atoms with E-state index in [4.69, 9.17) is 4.74 Å². The van der Waals surface area contributed by atoms with Crippen LogP contribution in [-0.4, -0.2) is 59.5 Å². The minimum absolute atomic E-state index is 0.225. The Morgan fingerprint density at radius 1 is 1.52 bits per heavy atom. The van der Waals surface area contributed by atoms with Crippen LogP contribution in [0.15, 0.2) is 17.4 Å². The molecule has 0 radical (unpaired) electrons. The predicted molar refractivity (Wildman–Crippen MR) is 77.1 cm³/mol. The normalized spacial score (nSPS) is 29.3. The van der Waals surface area contributed by atoms with Gasteiger partial charge in [-0.25, -0.2) is 9.97 Å². The summed E-state index contributed by atoms with van der Waals surface area (Å²) in [6.07, 6.45) is 0.816. The molecule has 1 fully saturated rings. The standard InChI is InChI=1S/C12H16N4O4S/c1-2-21-9-8(18)6(3-17)20-12(9)16-5-15-7-10(16)13-4-14-11(7)19/h4-6,8-9,12,17-18H,2-3H2,1H3,(H,13,14,19). The Bertz CT molecular complexity index is 687. The molecular weight excluding hydrogens is 296 g/mol. The fraction of sp³-hybridized carbons (Fsp3) is 0.583. The van der Waals surface area contributed by atoms with E-state index in [1.807, 2.05) is 6.92 Å². The Hall–Kier alpha value is -1.42. The second-order valence-corrected chi connectivity index (χ2v) is 6.17. The van der Waals surface area contributed by atoms with Crippen molar-refractivity contribution in [1.82, 2.24) is 19.5 Å². The van der Waals surface area contributed by atoms with Crippen LogP contribution in [0.1, 0.15) is 13.2 Å². The number of aromatic nitrogens is 4. The average Bonchev–Trinajstić information content (AvgIpc) is 3.03. The minimum atomic E-state index is -0.788. The molecule has 2 aromatic rings. The summed E-state index contributed by atoms with van der Waals surface area (Å²) < 4.78 is 7.37. The van der Waals surface area contributed by atoms with Crippen LogP contribution < -0.4 is 5.56 Å². The van der Waals surface area contributed by atoms with Crippen LogP contribution in [0.2, 0.25) is 0 Å². The van der Waals surface area contributed by atoms with Gasteiger partial charge in [-0.15, -0.1) is 0 Å². The van der Waals surface area contributed by atoms with Crippen molar-refractivity contribution in [2.24, 2.45) is 0 Å². The van der Waals surface area contributed by atoms with Crippen molar-refractivity contribution in [3.8, 4) is 0 Å². The highest BCUT2D eigenvalue weighted by Gasteiger charge is 2.44. The van der Waals surface area contributed by atoms with E-state index < -0.39 is 18.4 Å². The summed E-state index contributed by atoms with van der Waals surface area (Å²) >= 11 is 1.54.